The zero-order valence-electron chi connectivity index (χ0n) is 16.5. The Morgan fingerprint density at radius 1 is 1.10 bits per heavy atom. The number of rotatable bonds is 5. The number of nitro groups is 1. The first-order valence-corrected chi connectivity index (χ1v) is 10.1. The number of methoxy groups -OCH3 is 2. The smallest absolute Gasteiger partial charge is 0.270 e. The summed E-state index contributed by atoms with van der Waals surface area (Å²) in [5, 5.41) is 11.8. The Balaban J connectivity index is 1.48. The number of fused-ring (bicyclic) bond motifs is 1. The van der Waals surface area contributed by atoms with Crippen LogP contribution in [-0.4, -0.2) is 61.1 Å². The van der Waals surface area contributed by atoms with Gasteiger partial charge in [0.15, 0.2) is 5.13 Å². The second-order valence-electron chi connectivity index (χ2n) is 6.75. The number of hydrogen-bond donors (Lipinski definition) is 0. The molecule has 0 aliphatic carbocycles. The number of ether oxygens (including phenoxy) is 2. The maximum atomic E-state index is 13.0. The molecule has 30 heavy (non-hydrogen) atoms. The summed E-state index contributed by atoms with van der Waals surface area (Å²) < 4.78 is 11.3. The van der Waals surface area contributed by atoms with Crippen LogP contribution in [-0.2, 0) is 0 Å². The average molecular weight is 428 g/mol. The van der Waals surface area contributed by atoms with Gasteiger partial charge in [-0.05, 0) is 24.3 Å². The van der Waals surface area contributed by atoms with Crippen LogP contribution in [0.3, 0.4) is 0 Å². The number of nitro benzene ring substituents is 1. The molecule has 0 N–H and O–H groups in total. The van der Waals surface area contributed by atoms with Gasteiger partial charge >= 0.3 is 0 Å². The third-order valence-corrected chi connectivity index (χ3v) is 6.12. The van der Waals surface area contributed by atoms with Crippen LogP contribution < -0.4 is 14.4 Å². The number of non-ortho nitro benzene ring substituents is 1. The lowest BCUT2D eigenvalue weighted by atomic mass is 10.1. The van der Waals surface area contributed by atoms with Gasteiger partial charge in [-0.15, -0.1) is 0 Å². The lowest BCUT2D eigenvalue weighted by molar-refractivity contribution is -0.384. The van der Waals surface area contributed by atoms with E-state index in [1.807, 2.05) is 0 Å². The van der Waals surface area contributed by atoms with Gasteiger partial charge in [-0.25, -0.2) is 4.98 Å². The van der Waals surface area contributed by atoms with Gasteiger partial charge in [0.2, 0.25) is 0 Å². The van der Waals surface area contributed by atoms with Crippen molar-refractivity contribution < 1.29 is 19.2 Å². The predicted octanol–water partition coefficient (Wildman–Crippen LogP) is 3.18. The van der Waals surface area contributed by atoms with Crippen LogP contribution in [0.5, 0.6) is 11.5 Å². The molecule has 1 aromatic heterocycles. The van der Waals surface area contributed by atoms with Gasteiger partial charge < -0.3 is 19.3 Å². The monoisotopic (exact) mass is 428 g/mol. The molecule has 3 aromatic rings. The van der Waals surface area contributed by atoms with Crippen molar-refractivity contribution in [2.75, 3.05) is 45.3 Å². The fourth-order valence-corrected chi connectivity index (χ4v) is 4.45. The van der Waals surface area contributed by atoms with E-state index in [2.05, 4.69) is 9.88 Å². The number of benzene rings is 2. The zero-order chi connectivity index (χ0) is 21.3. The summed E-state index contributed by atoms with van der Waals surface area (Å²) in [4.78, 5) is 32.1. The molecule has 10 heteroatoms. The minimum Gasteiger partial charge on any atom is -0.497 e. The minimum absolute atomic E-state index is 0.0559. The van der Waals surface area contributed by atoms with Crippen LogP contribution in [0.4, 0.5) is 10.8 Å². The number of amides is 1. The molecule has 0 saturated carbocycles. The second-order valence-corrected chi connectivity index (χ2v) is 7.76. The zero-order valence-corrected chi connectivity index (χ0v) is 17.3. The molecule has 0 radical (unpaired) electrons. The highest BCUT2D eigenvalue weighted by molar-refractivity contribution is 7.22. The maximum Gasteiger partial charge on any atom is 0.270 e. The summed E-state index contributed by atoms with van der Waals surface area (Å²) in [5.74, 6) is 1.00. The van der Waals surface area contributed by atoms with Crippen molar-refractivity contribution in [2.24, 2.45) is 0 Å². The van der Waals surface area contributed by atoms with Crippen LogP contribution in [0.2, 0.25) is 0 Å². The summed E-state index contributed by atoms with van der Waals surface area (Å²) in [6.07, 6.45) is 0. The van der Waals surface area contributed by atoms with Crippen molar-refractivity contribution in [3.05, 3.63) is 52.1 Å². The summed E-state index contributed by atoms with van der Waals surface area (Å²) >= 11 is 1.42. The molecule has 2 aromatic carbocycles. The Bertz CT molecular complexity index is 1110. The molecule has 1 saturated heterocycles. The fourth-order valence-electron chi connectivity index (χ4n) is 3.40. The highest BCUT2D eigenvalue weighted by atomic mass is 32.1. The molecular formula is C20H20N4O5S. The van der Waals surface area contributed by atoms with Crippen LogP contribution in [0.1, 0.15) is 10.4 Å². The molecule has 1 fully saturated rings. The molecule has 9 nitrogen and oxygen atoms in total. The summed E-state index contributed by atoms with van der Waals surface area (Å²) in [6, 6.07) is 9.85. The van der Waals surface area contributed by atoms with Crippen molar-refractivity contribution in [2.45, 2.75) is 0 Å². The van der Waals surface area contributed by atoms with Gasteiger partial charge in [-0.2, -0.15) is 0 Å². The lowest BCUT2D eigenvalue weighted by Gasteiger charge is -2.34. The topological polar surface area (TPSA) is 98.0 Å². The first kappa shape index (κ1) is 19.9. The standard InChI is InChI=1S/C20H20N4O5S/c1-28-14-4-6-17(29-2)15(12-14)19(25)22-7-9-23(10-8-22)20-21-16-5-3-13(24(26)27)11-18(16)30-20/h3-6,11-12H,7-10H2,1-2H3. The fraction of sp³-hybridized carbons (Fsp3) is 0.300. The molecule has 0 unspecified atom stereocenters. The first-order chi connectivity index (χ1) is 14.5. The number of aromatic nitrogens is 1. The Morgan fingerprint density at radius 3 is 2.53 bits per heavy atom. The SMILES string of the molecule is COc1ccc(OC)c(C(=O)N2CCN(c3nc4ccc([N+](=O)[O-])cc4s3)CC2)c1. The van der Waals surface area contributed by atoms with E-state index < -0.39 is 4.92 Å². The van der Waals surface area contributed by atoms with E-state index in [0.717, 1.165) is 15.3 Å². The van der Waals surface area contributed by atoms with Gasteiger partial charge in [0, 0.05) is 38.3 Å². The molecular weight excluding hydrogens is 408 g/mol. The Kier molecular flexibility index (Phi) is 5.40. The number of carbonyl (C=O) groups is 1. The summed E-state index contributed by atoms with van der Waals surface area (Å²) in [7, 11) is 3.09. The molecule has 156 valence electrons. The number of hydrogen-bond acceptors (Lipinski definition) is 8. The number of nitrogens with zero attached hydrogens (tertiary/aromatic N) is 4. The molecule has 1 amide bonds. The highest BCUT2D eigenvalue weighted by Gasteiger charge is 2.26. The molecule has 0 atom stereocenters. The maximum absolute atomic E-state index is 13.0. The molecule has 4 rings (SSSR count). The van der Waals surface area contributed by atoms with Crippen LogP contribution in [0.25, 0.3) is 10.2 Å². The Morgan fingerprint density at radius 2 is 1.87 bits per heavy atom. The van der Waals surface area contributed by atoms with Crippen molar-refractivity contribution in [3.8, 4) is 11.5 Å². The van der Waals surface area contributed by atoms with Gasteiger partial charge in [0.1, 0.15) is 11.5 Å². The summed E-state index contributed by atoms with van der Waals surface area (Å²) in [5.41, 5.74) is 1.26. The first-order valence-electron chi connectivity index (χ1n) is 9.31. The van der Waals surface area contributed by atoms with Gasteiger partial charge in [-0.1, -0.05) is 11.3 Å². The summed E-state index contributed by atoms with van der Waals surface area (Å²) in [6.45, 7) is 2.32. The average Bonchev–Trinajstić information content (AvgIpc) is 3.21. The predicted molar refractivity (Wildman–Crippen MR) is 114 cm³/mol. The molecule has 2 heterocycles. The molecule has 1 aliphatic rings. The van der Waals surface area contributed by atoms with E-state index in [9.17, 15) is 14.9 Å². The quantitative estimate of drug-likeness (QED) is 0.455. The van der Waals surface area contributed by atoms with E-state index >= 15 is 0 Å². The highest BCUT2D eigenvalue weighted by Crippen LogP contribution is 2.32. The molecule has 1 aliphatic heterocycles. The second kappa shape index (κ2) is 8.15. The van der Waals surface area contributed by atoms with Gasteiger partial charge in [0.25, 0.3) is 11.6 Å². The third-order valence-electron chi connectivity index (χ3n) is 5.05. The Hall–Kier alpha value is -3.40. The number of piperazine rings is 1. The molecule has 0 bridgehead atoms. The van der Waals surface area contributed by atoms with E-state index in [-0.39, 0.29) is 11.6 Å². The van der Waals surface area contributed by atoms with Gasteiger partial charge in [0.05, 0.1) is 34.9 Å². The van der Waals surface area contributed by atoms with Crippen LogP contribution >= 0.6 is 11.3 Å². The number of anilines is 1. The van der Waals surface area contributed by atoms with Crippen molar-refractivity contribution in [1.29, 1.82) is 0 Å². The van der Waals surface area contributed by atoms with Crippen molar-refractivity contribution in [1.82, 2.24) is 9.88 Å². The van der Waals surface area contributed by atoms with Crippen molar-refractivity contribution >= 4 is 38.3 Å². The van der Waals surface area contributed by atoms with Crippen LogP contribution in [0.15, 0.2) is 36.4 Å². The number of thiazole rings is 1. The van der Waals surface area contributed by atoms with E-state index in [0.29, 0.717) is 43.2 Å². The van der Waals surface area contributed by atoms with E-state index in [4.69, 9.17) is 9.47 Å². The van der Waals surface area contributed by atoms with E-state index in [1.165, 1.54) is 24.5 Å². The lowest BCUT2D eigenvalue weighted by Crippen LogP contribution is -2.48. The Labute approximate surface area is 176 Å². The van der Waals surface area contributed by atoms with Gasteiger partial charge in [-0.3, -0.25) is 14.9 Å². The molecule has 0 spiro atoms. The normalized spacial score (nSPS) is 14.1. The minimum atomic E-state index is -0.407. The van der Waals surface area contributed by atoms with Crippen LogP contribution in [0, 0.1) is 10.1 Å². The number of carbonyl (C=O) groups excluding carboxylic acids is 1. The van der Waals surface area contributed by atoms with E-state index in [1.54, 1.807) is 42.3 Å². The van der Waals surface area contributed by atoms with Crippen molar-refractivity contribution in [3.63, 3.8) is 0 Å². The third kappa shape index (κ3) is 3.73. The largest absolute Gasteiger partial charge is 0.497 e.